The van der Waals surface area contributed by atoms with E-state index in [4.69, 9.17) is 17.0 Å². The van der Waals surface area contributed by atoms with Crippen LogP contribution in [-0.2, 0) is 31.8 Å². The molecule has 2 N–H and O–H groups in total. The molecule has 3 aromatic rings. The lowest BCUT2D eigenvalue weighted by Gasteiger charge is -2.43. The molecule has 2 aromatic carbocycles. The zero-order valence-corrected chi connectivity index (χ0v) is 33.9. The molecule has 17 heteroatoms. The average Bonchev–Trinajstić information content (AvgIpc) is 3.57. The molecule has 5 fully saturated rings. The Morgan fingerprint density at radius 2 is 1.78 bits per heavy atom. The van der Waals surface area contributed by atoms with E-state index in [1.165, 1.54) is 6.07 Å². The first-order valence-electron chi connectivity index (χ1n) is 20.4. The number of halogens is 3. The number of nitrogens with one attached hydrogen (secondary N) is 2. The Morgan fingerprint density at radius 3 is 2.45 bits per heavy atom. The van der Waals surface area contributed by atoms with E-state index in [1.54, 1.807) is 4.90 Å². The molecule has 5 aliphatic rings. The second kappa shape index (κ2) is 16.5. The van der Waals surface area contributed by atoms with E-state index >= 15 is 0 Å². The summed E-state index contributed by atoms with van der Waals surface area (Å²) in [6.07, 6.45) is 1.39. The maximum Gasteiger partial charge on any atom is 0.419 e. The number of aromatic nitrogens is 1. The number of ether oxygens (including phenoxy) is 1. The Hall–Kier alpha value is -5.44. The van der Waals surface area contributed by atoms with Crippen LogP contribution >= 0.6 is 12.2 Å². The molecule has 60 heavy (non-hydrogen) atoms. The van der Waals surface area contributed by atoms with Crippen molar-refractivity contribution in [1.82, 2.24) is 14.8 Å². The number of thiocarbonyl (C=S) groups is 1. The number of piperazine rings is 1. The lowest BCUT2D eigenvalue weighted by molar-refractivity contribution is -0.138. The van der Waals surface area contributed by atoms with Gasteiger partial charge in [-0.15, -0.1) is 0 Å². The second-order valence-corrected chi connectivity index (χ2v) is 16.6. The van der Waals surface area contributed by atoms with Crippen LogP contribution in [0.15, 0.2) is 54.7 Å². The molecule has 3 atom stereocenters. The fourth-order valence-electron chi connectivity index (χ4n) is 9.29. The summed E-state index contributed by atoms with van der Waals surface area (Å²) in [7, 11) is 0. The number of ketones is 2. The number of amides is 2. The monoisotopic (exact) mass is 842 g/mol. The highest BCUT2D eigenvalue weighted by atomic mass is 32.1. The van der Waals surface area contributed by atoms with Crippen LogP contribution in [0.5, 0.6) is 5.75 Å². The minimum atomic E-state index is -4.84. The molecule has 4 heterocycles. The number of Topliss-reactive ketones (excluding diaryl/α,β-unsaturated/α-hetero) is 2. The van der Waals surface area contributed by atoms with Crippen LogP contribution in [0.1, 0.15) is 75.1 Å². The standard InChI is InChI=1S/C43H45F3N8O5S/c1-2-26-17-29(54-41(60)53(40(58)42(54)13-4-14-42)32-19-34(43(44,45)46)36(21-47)48-22-32)9-12-38(26)59-16-15-51-23-30-7-8-31(24-51)52(30)25-39(57)50-28-6-3-5-27(18-28)49-35-11-10-33(55)20-37(35)56/h3,5-6,9,12,17-19,22,30-31,35,49H,2,4,7-8,10-11,13-16,20,23-25H2,1H3,(H,50,57). The molecule has 2 amide bonds. The van der Waals surface area contributed by atoms with Crippen molar-refractivity contribution in [1.29, 1.82) is 5.26 Å². The molecular weight excluding hydrogens is 798 g/mol. The van der Waals surface area contributed by atoms with Crippen molar-refractivity contribution >= 4 is 63.5 Å². The summed E-state index contributed by atoms with van der Waals surface area (Å²) in [6, 6.07) is 15.2. The molecule has 8 rings (SSSR count). The molecule has 13 nitrogen and oxygen atoms in total. The van der Waals surface area contributed by atoms with Crippen LogP contribution in [0, 0.1) is 11.3 Å². The van der Waals surface area contributed by atoms with Crippen LogP contribution < -0.4 is 25.2 Å². The van der Waals surface area contributed by atoms with Crippen molar-refractivity contribution in [2.75, 3.05) is 53.2 Å². The summed E-state index contributed by atoms with van der Waals surface area (Å²) < 4.78 is 47.8. The van der Waals surface area contributed by atoms with Gasteiger partial charge in [-0.3, -0.25) is 33.9 Å². The van der Waals surface area contributed by atoms with Crippen molar-refractivity contribution in [3.05, 3.63) is 71.5 Å². The van der Waals surface area contributed by atoms with Gasteiger partial charge in [-0.25, -0.2) is 4.98 Å². The third-order valence-corrected chi connectivity index (χ3v) is 12.8. The van der Waals surface area contributed by atoms with Gasteiger partial charge in [0.1, 0.15) is 29.7 Å². The lowest BCUT2D eigenvalue weighted by atomic mass is 9.75. The minimum absolute atomic E-state index is 0.0295. The van der Waals surface area contributed by atoms with Crippen LogP contribution in [0.2, 0.25) is 0 Å². The molecule has 3 unspecified atom stereocenters. The number of pyridine rings is 1. The first-order chi connectivity index (χ1) is 28.8. The van der Waals surface area contributed by atoms with Gasteiger partial charge in [-0.05, 0) is 105 Å². The predicted octanol–water partition coefficient (Wildman–Crippen LogP) is 5.86. The number of likely N-dealkylation sites (tertiary alicyclic amines) is 1. The van der Waals surface area contributed by atoms with Gasteiger partial charge in [-0.2, -0.15) is 18.4 Å². The van der Waals surface area contributed by atoms with Crippen molar-refractivity contribution in [2.24, 2.45) is 0 Å². The Balaban J connectivity index is 0.863. The Morgan fingerprint density at radius 1 is 1.03 bits per heavy atom. The maximum atomic E-state index is 14.0. The van der Waals surface area contributed by atoms with Crippen molar-refractivity contribution in [3.8, 4) is 11.8 Å². The molecule has 1 aromatic heterocycles. The largest absolute Gasteiger partial charge is 0.492 e. The lowest BCUT2D eigenvalue weighted by Crippen LogP contribution is -2.56. The number of benzene rings is 2. The average molecular weight is 843 g/mol. The maximum absolute atomic E-state index is 14.0. The topological polar surface area (TPSA) is 151 Å². The van der Waals surface area contributed by atoms with Gasteiger partial charge in [0.25, 0.3) is 5.91 Å². The molecular formula is C43H45F3N8O5S. The third kappa shape index (κ3) is 7.95. The van der Waals surface area contributed by atoms with Gasteiger partial charge in [-0.1, -0.05) is 13.0 Å². The molecule has 3 aliphatic heterocycles. The van der Waals surface area contributed by atoms with Gasteiger partial charge < -0.3 is 20.3 Å². The van der Waals surface area contributed by atoms with Crippen molar-refractivity contribution in [2.45, 2.75) is 94.6 Å². The van der Waals surface area contributed by atoms with Crippen LogP contribution in [-0.4, -0.2) is 99.7 Å². The first-order valence-corrected chi connectivity index (χ1v) is 20.8. The summed E-state index contributed by atoms with van der Waals surface area (Å²) in [5.74, 6) is 0.0334. The van der Waals surface area contributed by atoms with Gasteiger partial charge in [0.15, 0.2) is 16.6 Å². The van der Waals surface area contributed by atoms with E-state index < -0.39 is 34.9 Å². The number of anilines is 4. The smallest absolute Gasteiger partial charge is 0.419 e. The molecule has 3 saturated heterocycles. The van der Waals surface area contributed by atoms with Crippen LogP contribution in [0.3, 0.4) is 0 Å². The highest BCUT2D eigenvalue weighted by Crippen LogP contribution is 2.49. The number of nitriles is 1. The number of carbonyl (C=O) groups excluding carboxylic acids is 4. The van der Waals surface area contributed by atoms with E-state index in [0.29, 0.717) is 68.1 Å². The molecule has 2 saturated carbocycles. The summed E-state index contributed by atoms with van der Waals surface area (Å²) in [5, 5.41) is 15.5. The summed E-state index contributed by atoms with van der Waals surface area (Å²) in [4.78, 5) is 62.3. The quantitative estimate of drug-likeness (QED) is 0.166. The number of fused-ring (bicyclic) bond motifs is 2. The third-order valence-electron chi connectivity index (χ3n) is 12.5. The number of carbonyl (C=O) groups is 4. The Labute approximate surface area is 350 Å². The van der Waals surface area contributed by atoms with Crippen molar-refractivity contribution < 1.29 is 37.1 Å². The Kier molecular flexibility index (Phi) is 11.4. The molecule has 314 valence electrons. The second-order valence-electron chi connectivity index (χ2n) is 16.2. The molecule has 2 aliphatic carbocycles. The molecule has 0 radical (unpaired) electrons. The molecule has 1 spiro atoms. The number of hydrogen-bond donors (Lipinski definition) is 2. The number of nitrogens with zero attached hydrogens (tertiary/aromatic N) is 6. The predicted molar refractivity (Wildman–Crippen MR) is 221 cm³/mol. The minimum Gasteiger partial charge on any atom is -0.492 e. The van der Waals surface area contributed by atoms with Crippen LogP contribution in [0.4, 0.5) is 35.9 Å². The highest BCUT2D eigenvalue weighted by molar-refractivity contribution is 7.81. The highest BCUT2D eigenvalue weighted by Gasteiger charge is 2.60. The van der Waals surface area contributed by atoms with Crippen molar-refractivity contribution in [3.63, 3.8) is 0 Å². The van der Waals surface area contributed by atoms with Gasteiger partial charge >= 0.3 is 6.18 Å². The van der Waals surface area contributed by atoms with E-state index in [9.17, 15) is 37.6 Å². The van der Waals surface area contributed by atoms with E-state index in [1.807, 2.05) is 49.4 Å². The first kappa shape index (κ1) is 41.3. The van der Waals surface area contributed by atoms with Gasteiger partial charge in [0.05, 0.1) is 36.5 Å². The van der Waals surface area contributed by atoms with Crippen LogP contribution in [0.25, 0.3) is 0 Å². The summed E-state index contributed by atoms with van der Waals surface area (Å²) in [6.45, 7) is 5.01. The number of alkyl halides is 3. The number of aryl methyl sites for hydroxylation is 1. The number of hydrogen-bond acceptors (Lipinski definition) is 11. The SMILES string of the molecule is CCc1cc(N2C(=S)N(c3cnc(C#N)c(C(F)(F)F)c3)C(=O)C23CCC3)ccc1OCCN1CC2CCC(C1)N2CC(=O)Nc1cccc(NC2CCC(=O)CC2=O)c1. The zero-order valence-electron chi connectivity index (χ0n) is 33.1. The van der Waals surface area contributed by atoms with E-state index in [-0.39, 0.29) is 53.3 Å². The van der Waals surface area contributed by atoms with E-state index in [2.05, 4.69) is 25.4 Å². The fraction of sp³-hybridized carbons (Fsp3) is 0.465. The van der Waals surface area contributed by atoms with E-state index in [0.717, 1.165) is 55.1 Å². The fourth-order valence-corrected chi connectivity index (χ4v) is 9.76. The van der Waals surface area contributed by atoms with Gasteiger partial charge in [0, 0.05) is 55.2 Å². The normalized spacial score (nSPS) is 22.9. The zero-order chi connectivity index (χ0) is 42.3. The Bertz CT molecular complexity index is 2260. The summed E-state index contributed by atoms with van der Waals surface area (Å²) in [5.41, 5.74) is -0.271. The number of rotatable bonds is 12. The van der Waals surface area contributed by atoms with Gasteiger partial charge in [0.2, 0.25) is 5.91 Å². The molecule has 2 bridgehead atoms. The summed E-state index contributed by atoms with van der Waals surface area (Å²) >= 11 is 5.80.